The molecule has 1 aliphatic heterocycles. The molecular formula is C19H28IN5S. The predicted molar refractivity (Wildman–Crippen MR) is 120 cm³/mol. The molecule has 142 valence electrons. The van der Waals surface area contributed by atoms with Crippen LogP contribution in [0, 0.1) is 0 Å². The van der Waals surface area contributed by atoms with Gasteiger partial charge in [-0.15, -0.1) is 35.3 Å². The highest BCUT2D eigenvalue weighted by molar-refractivity contribution is 14.0. The molecule has 1 fully saturated rings. The van der Waals surface area contributed by atoms with Crippen LogP contribution in [0.3, 0.4) is 0 Å². The summed E-state index contributed by atoms with van der Waals surface area (Å²) in [6, 6.07) is 10.7. The lowest BCUT2D eigenvalue weighted by molar-refractivity contribution is 0.172. The van der Waals surface area contributed by atoms with E-state index in [2.05, 4.69) is 67.7 Å². The van der Waals surface area contributed by atoms with Crippen molar-refractivity contribution in [3.63, 3.8) is 0 Å². The first kappa shape index (κ1) is 21.1. The number of aliphatic imine (C=N–C) groups is 1. The monoisotopic (exact) mass is 485 g/mol. The van der Waals surface area contributed by atoms with Crippen molar-refractivity contribution < 1.29 is 0 Å². The predicted octanol–water partition coefficient (Wildman–Crippen LogP) is 3.22. The molecule has 1 aromatic carbocycles. The van der Waals surface area contributed by atoms with Gasteiger partial charge in [0.25, 0.3) is 0 Å². The van der Waals surface area contributed by atoms with Crippen molar-refractivity contribution in [2.24, 2.45) is 4.99 Å². The number of nitrogens with one attached hydrogen (secondary N) is 1. The standard InChI is InChI=1S/C19H27N5S.HI/c1-3-18-22-17(15-25-18)13-21-19(20-2)24-11-9-23(10-12-24)14-16-7-5-4-6-8-16;/h4-8,15H,3,9-14H2,1-2H3,(H,20,21);1H. The molecule has 0 atom stereocenters. The van der Waals surface area contributed by atoms with Gasteiger partial charge in [-0.25, -0.2) is 4.98 Å². The van der Waals surface area contributed by atoms with Crippen LogP contribution in [-0.4, -0.2) is 54.0 Å². The fourth-order valence-corrected chi connectivity index (χ4v) is 3.80. The molecule has 5 nitrogen and oxygen atoms in total. The zero-order valence-corrected chi connectivity index (χ0v) is 18.7. The van der Waals surface area contributed by atoms with E-state index >= 15 is 0 Å². The second-order valence-corrected chi connectivity index (χ2v) is 7.18. The maximum atomic E-state index is 4.61. The van der Waals surface area contributed by atoms with Gasteiger partial charge in [0.1, 0.15) is 0 Å². The third kappa shape index (κ3) is 5.92. The number of aromatic nitrogens is 1. The molecule has 1 aromatic heterocycles. The minimum atomic E-state index is 0. The lowest BCUT2D eigenvalue weighted by Crippen LogP contribution is -2.52. The molecule has 2 aromatic rings. The maximum Gasteiger partial charge on any atom is 0.194 e. The van der Waals surface area contributed by atoms with Crippen LogP contribution < -0.4 is 5.32 Å². The Morgan fingerprint density at radius 2 is 1.92 bits per heavy atom. The summed E-state index contributed by atoms with van der Waals surface area (Å²) in [7, 11) is 1.86. The third-order valence-electron chi connectivity index (χ3n) is 4.46. The lowest BCUT2D eigenvalue weighted by atomic mass is 10.2. The second-order valence-electron chi connectivity index (χ2n) is 6.24. The zero-order valence-electron chi connectivity index (χ0n) is 15.5. The van der Waals surface area contributed by atoms with E-state index in [0.29, 0.717) is 0 Å². The second kappa shape index (κ2) is 10.8. The molecule has 0 unspecified atom stereocenters. The number of aryl methyl sites for hydroxylation is 1. The highest BCUT2D eigenvalue weighted by atomic mass is 127. The molecule has 0 spiro atoms. The molecule has 26 heavy (non-hydrogen) atoms. The van der Waals surface area contributed by atoms with Gasteiger partial charge in [-0.2, -0.15) is 0 Å². The molecule has 0 amide bonds. The summed E-state index contributed by atoms with van der Waals surface area (Å²) < 4.78 is 0. The van der Waals surface area contributed by atoms with E-state index in [-0.39, 0.29) is 24.0 Å². The summed E-state index contributed by atoms with van der Waals surface area (Å²) in [5, 5.41) is 6.79. The summed E-state index contributed by atoms with van der Waals surface area (Å²) in [5.74, 6) is 0.977. The van der Waals surface area contributed by atoms with Gasteiger partial charge in [0, 0.05) is 45.2 Å². The summed E-state index contributed by atoms with van der Waals surface area (Å²) in [6.07, 6.45) is 1.00. The van der Waals surface area contributed by atoms with Crippen LogP contribution in [0.15, 0.2) is 40.7 Å². The Hall–Kier alpha value is -1.19. The Morgan fingerprint density at radius 1 is 1.19 bits per heavy atom. The first-order valence-corrected chi connectivity index (χ1v) is 9.81. The van der Waals surface area contributed by atoms with Gasteiger partial charge in [-0.3, -0.25) is 9.89 Å². The molecule has 0 bridgehead atoms. The normalized spacial score (nSPS) is 15.6. The number of halogens is 1. The largest absolute Gasteiger partial charge is 0.351 e. The van der Waals surface area contributed by atoms with Gasteiger partial charge >= 0.3 is 0 Å². The number of thiazole rings is 1. The molecule has 1 saturated heterocycles. The van der Waals surface area contributed by atoms with Crippen LogP contribution in [0.2, 0.25) is 0 Å². The number of benzene rings is 1. The van der Waals surface area contributed by atoms with Crippen molar-refractivity contribution in [3.05, 3.63) is 52.0 Å². The summed E-state index contributed by atoms with van der Waals surface area (Å²) in [4.78, 5) is 13.9. The van der Waals surface area contributed by atoms with E-state index in [1.165, 1.54) is 10.6 Å². The van der Waals surface area contributed by atoms with Crippen LogP contribution in [0.1, 0.15) is 23.2 Å². The average Bonchev–Trinajstić information content (AvgIpc) is 3.12. The summed E-state index contributed by atoms with van der Waals surface area (Å²) in [6.45, 7) is 8.04. The quantitative estimate of drug-likeness (QED) is 0.402. The highest BCUT2D eigenvalue weighted by Gasteiger charge is 2.19. The van der Waals surface area contributed by atoms with E-state index in [9.17, 15) is 0 Å². The number of nitrogens with zero attached hydrogens (tertiary/aromatic N) is 4. The van der Waals surface area contributed by atoms with Gasteiger partial charge in [0.05, 0.1) is 17.2 Å². The van der Waals surface area contributed by atoms with E-state index in [0.717, 1.165) is 57.3 Å². The Kier molecular flexibility index (Phi) is 8.80. The van der Waals surface area contributed by atoms with Crippen molar-refractivity contribution in [1.82, 2.24) is 20.1 Å². The van der Waals surface area contributed by atoms with Crippen molar-refractivity contribution in [1.29, 1.82) is 0 Å². The lowest BCUT2D eigenvalue weighted by Gasteiger charge is -2.36. The highest BCUT2D eigenvalue weighted by Crippen LogP contribution is 2.11. The van der Waals surface area contributed by atoms with E-state index in [1.54, 1.807) is 11.3 Å². The number of hydrogen-bond acceptors (Lipinski definition) is 4. The Bertz CT molecular complexity index is 680. The van der Waals surface area contributed by atoms with E-state index < -0.39 is 0 Å². The topological polar surface area (TPSA) is 43.8 Å². The van der Waals surface area contributed by atoms with Gasteiger partial charge in [0.2, 0.25) is 0 Å². The van der Waals surface area contributed by atoms with Gasteiger partial charge in [-0.05, 0) is 12.0 Å². The van der Waals surface area contributed by atoms with E-state index in [4.69, 9.17) is 0 Å². The molecule has 0 radical (unpaired) electrons. The van der Waals surface area contributed by atoms with Crippen molar-refractivity contribution >= 4 is 41.3 Å². The van der Waals surface area contributed by atoms with Crippen LogP contribution in [0.4, 0.5) is 0 Å². The van der Waals surface area contributed by atoms with Crippen LogP contribution in [0.5, 0.6) is 0 Å². The van der Waals surface area contributed by atoms with Crippen LogP contribution in [0.25, 0.3) is 0 Å². The third-order valence-corrected chi connectivity index (χ3v) is 5.50. The van der Waals surface area contributed by atoms with E-state index in [1.807, 2.05) is 7.05 Å². The van der Waals surface area contributed by atoms with Crippen LogP contribution in [-0.2, 0) is 19.5 Å². The molecule has 2 heterocycles. The Balaban J connectivity index is 0.00000243. The minimum Gasteiger partial charge on any atom is -0.351 e. The molecule has 3 rings (SSSR count). The minimum absolute atomic E-state index is 0. The molecule has 1 N–H and O–H groups in total. The summed E-state index contributed by atoms with van der Waals surface area (Å²) >= 11 is 1.73. The SMILES string of the molecule is CCc1nc(CNC(=NC)N2CCN(Cc3ccccc3)CC2)cs1.I. The Labute approximate surface area is 177 Å². The number of guanidine groups is 1. The zero-order chi connectivity index (χ0) is 17.5. The first-order valence-electron chi connectivity index (χ1n) is 8.93. The average molecular weight is 485 g/mol. The van der Waals surface area contributed by atoms with Gasteiger partial charge < -0.3 is 10.2 Å². The maximum absolute atomic E-state index is 4.61. The number of hydrogen-bond donors (Lipinski definition) is 1. The van der Waals surface area contributed by atoms with Gasteiger partial charge in [-0.1, -0.05) is 37.3 Å². The molecule has 7 heteroatoms. The van der Waals surface area contributed by atoms with Crippen LogP contribution >= 0.6 is 35.3 Å². The summed E-state index contributed by atoms with van der Waals surface area (Å²) in [5.41, 5.74) is 2.49. The molecule has 0 aliphatic carbocycles. The first-order chi connectivity index (χ1) is 12.3. The van der Waals surface area contributed by atoms with Crippen molar-refractivity contribution in [2.45, 2.75) is 26.4 Å². The fourth-order valence-electron chi connectivity index (χ4n) is 3.05. The number of piperazine rings is 1. The fraction of sp³-hybridized carbons (Fsp3) is 0.474. The smallest absolute Gasteiger partial charge is 0.194 e. The number of rotatable bonds is 5. The molecular weight excluding hydrogens is 457 g/mol. The Morgan fingerprint density at radius 3 is 2.54 bits per heavy atom. The van der Waals surface area contributed by atoms with Crippen molar-refractivity contribution in [2.75, 3.05) is 33.2 Å². The van der Waals surface area contributed by atoms with Crippen molar-refractivity contribution in [3.8, 4) is 0 Å². The molecule has 0 saturated carbocycles. The van der Waals surface area contributed by atoms with Gasteiger partial charge in [0.15, 0.2) is 5.96 Å². The molecule has 1 aliphatic rings.